The molecule has 0 bridgehead atoms. The Balaban J connectivity index is 1.89. The third-order valence-corrected chi connectivity index (χ3v) is 5.31. The van der Waals surface area contributed by atoms with Crippen molar-refractivity contribution in [1.29, 1.82) is 0 Å². The Morgan fingerprint density at radius 2 is 1.77 bits per heavy atom. The van der Waals surface area contributed by atoms with E-state index in [-0.39, 0.29) is 6.04 Å². The Labute approximate surface area is 153 Å². The quantitative estimate of drug-likeness (QED) is 0.689. The fourth-order valence-corrected chi connectivity index (χ4v) is 3.59. The molecule has 0 aliphatic rings. The van der Waals surface area contributed by atoms with E-state index < -0.39 is 9.84 Å². The average Bonchev–Trinajstić information content (AvgIpc) is 2.97. The minimum atomic E-state index is -3.19. The highest BCUT2D eigenvalue weighted by Crippen LogP contribution is 2.23. The summed E-state index contributed by atoms with van der Waals surface area (Å²) in [5.41, 5.74) is 2.76. The minimum absolute atomic E-state index is 0.287. The second kappa shape index (κ2) is 6.99. The Kier molecular flexibility index (Phi) is 4.91. The summed E-state index contributed by atoms with van der Waals surface area (Å²) in [5, 5.41) is 0. The molecule has 26 heavy (non-hydrogen) atoms. The Bertz CT molecular complexity index is 1020. The van der Waals surface area contributed by atoms with E-state index in [2.05, 4.69) is 33.4 Å². The Morgan fingerprint density at radius 3 is 2.38 bits per heavy atom. The van der Waals surface area contributed by atoms with E-state index in [0.717, 1.165) is 22.8 Å². The van der Waals surface area contributed by atoms with Gasteiger partial charge in [-0.1, -0.05) is 12.1 Å². The maximum absolute atomic E-state index is 11.6. The minimum Gasteiger partial charge on any atom is -0.324 e. The van der Waals surface area contributed by atoms with Gasteiger partial charge in [-0.05, 0) is 44.5 Å². The summed E-state index contributed by atoms with van der Waals surface area (Å²) in [6, 6.07) is 9.00. The molecular formula is C19H22N4O2S. The number of rotatable bonds is 5. The molecule has 0 amide bonds. The van der Waals surface area contributed by atoms with Gasteiger partial charge in [0.25, 0.3) is 0 Å². The van der Waals surface area contributed by atoms with E-state index in [0.29, 0.717) is 17.1 Å². The zero-order chi connectivity index (χ0) is 18.9. The van der Waals surface area contributed by atoms with Crippen LogP contribution in [0.1, 0.15) is 37.1 Å². The monoisotopic (exact) mass is 370 g/mol. The predicted octanol–water partition coefficient (Wildman–Crippen LogP) is 3.22. The molecule has 6 nitrogen and oxygen atoms in total. The van der Waals surface area contributed by atoms with E-state index in [9.17, 15) is 8.42 Å². The Hall–Kier alpha value is -2.54. The fourth-order valence-electron chi connectivity index (χ4n) is 2.96. The average molecular weight is 370 g/mol. The fraction of sp³-hybridized carbons (Fsp3) is 0.316. The molecule has 0 atom stereocenters. The van der Waals surface area contributed by atoms with Crippen molar-refractivity contribution in [2.45, 2.75) is 38.1 Å². The van der Waals surface area contributed by atoms with E-state index in [1.54, 1.807) is 30.5 Å². The third-order valence-electron chi connectivity index (χ3n) is 4.18. The first-order valence-corrected chi connectivity index (χ1v) is 10.3. The standard InChI is InChI=1S/C19H22N4O2S/c1-13(2)23-14(3)21-12-18(23)17-9-10-20-19(22-17)11-15-5-7-16(8-6-15)26(4,24)25/h5-10,12-13H,11H2,1-4H3. The van der Waals surface area contributed by atoms with Crippen LogP contribution in [0.2, 0.25) is 0 Å². The molecule has 3 rings (SSSR count). The highest BCUT2D eigenvalue weighted by Gasteiger charge is 2.13. The van der Waals surface area contributed by atoms with Crippen LogP contribution in [0.25, 0.3) is 11.4 Å². The zero-order valence-corrected chi connectivity index (χ0v) is 16.2. The van der Waals surface area contributed by atoms with Crippen LogP contribution in [0.15, 0.2) is 47.6 Å². The van der Waals surface area contributed by atoms with Crippen LogP contribution in [0.4, 0.5) is 0 Å². The van der Waals surface area contributed by atoms with Gasteiger partial charge in [-0.2, -0.15) is 0 Å². The topological polar surface area (TPSA) is 77.7 Å². The zero-order valence-electron chi connectivity index (χ0n) is 15.3. The molecule has 2 heterocycles. The number of aryl methyl sites for hydroxylation is 1. The van der Waals surface area contributed by atoms with Crippen molar-refractivity contribution in [2.24, 2.45) is 0 Å². The number of hydrogen-bond donors (Lipinski definition) is 0. The highest BCUT2D eigenvalue weighted by atomic mass is 32.2. The van der Waals surface area contributed by atoms with Gasteiger partial charge >= 0.3 is 0 Å². The number of benzene rings is 1. The maximum Gasteiger partial charge on any atom is 0.175 e. The molecule has 3 aromatic rings. The second-order valence-corrected chi connectivity index (χ2v) is 8.62. The summed E-state index contributed by atoms with van der Waals surface area (Å²) in [6.45, 7) is 6.21. The third kappa shape index (κ3) is 3.83. The molecule has 7 heteroatoms. The molecule has 1 aromatic carbocycles. The lowest BCUT2D eigenvalue weighted by atomic mass is 10.1. The van der Waals surface area contributed by atoms with Crippen LogP contribution in [0.5, 0.6) is 0 Å². The number of hydrogen-bond acceptors (Lipinski definition) is 5. The number of sulfone groups is 1. The smallest absolute Gasteiger partial charge is 0.175 e. The van der Waals surface area contributed by atoms with Crippen LogP contribution >= 0.6 is 0 Å². The molecule has 0 N–H and O–H groups in total. The molecule has 136 valence electrons. The summed E-state index contributed by atoms with van der Waals surface area (Å²) in [6.07, 6.45) is 5.32. The van der Waals surface area contributed by atoms with Gasteiger partial charge in [0.05, 0.1) is 22.5 Å². The van der Waals surface area contributed by atoms with Gasteiger partial charge < -0.3 is 4.57 Å². The molecule has 0 fully saturated rings. The van der Waals surface area contributed by atoms with E-state index in [1.165, 1.54) is 6.26 Å². The van der Waals surface area contributed by atoms with Crippen LogP contribution in [-0.4, -0.2) is 34.2 Å². The van der Waals surface area contributed by atoms with Crippen molar-refractivity contribution in [3.05, 3.63) is 59.9 Å². The van der Waals surface area contributed by atoms with Crippen molar-refractivity contribution >= 4 is 9.84 Å². The van der Waals surface area contributed by atoms with Crippen molar-refractivity contribution in [3.8, 4) is 11.4 Å². The van der Waals surface area contributed by atoms with Crippen molar-refractivity contribution < 1.29 is 8.42 Å². The lowest BCUT2D eigenvalue weighted by Gasteiger charge is -2.14. The lowest BCUT2D eigenvalue weighted by molar-refractivity contribution is 0.587. The maximum atomic E-state index is 11.6. The lowest BCUT2D eigenvalue weighted by Crippen LogP contribution is -2.07. The first-order chi connectivity index (χ1) is 12.3. The SMILES string of the molecule is Cc1ncc(-c2ccnc(Cc3ccc(S(C)(=O)=O)cc3)n2)n1C(C)C. The van der Waals surface area contributed by atoms with Gasteiger partial charge in [-0.25, -0.2) is 23.4 Å². The number of imidazole rings is 1. The number of aromatic nitrogens is 4. The van der Waals surface area contributed by atoms with Crippen molar-refractivity contribution in [2.75, 3.05) is 6.26 Å². The van der Waals surface area contributed by atoms with Crippen LogP contribution < -0.4 is 0 Å². The Morgan fingerprint density at radius 1 is 1.08 bits per heavy atom. The molecule has 0 spiro atoms. The summed E-state index contributed by atoms with van der Waals surface area (Å²) < 4.78 is 25.3. The van der Waals surface area contributed by atoms with Crippen LogP contribution in [0.3, 0.4) is 0 Å². The van der Waals surface area contributed by atoms with Crippen LogP contribution in [-0.2, 0) is 16.3 Å². The largest absolute Gasteiger partial charge is 0.324 e. The second-order valence-electron chi connectivity index (χ2n) is 6.61. The summed E-state index contributed by atoms with van der Waals surface area (Å²) >= 11 is 0. The van der Waals surface area contributed by atoms with Gasteiger partial charge in [-0.3, -0.25) is 0 Å². The normalized spacial score (nSPS) is 11.9. The first-order valence-electron chi connectivity index (χ1n) is 8.41. The summed E-state index contributed by atoms with van der Waals surface area (Å²) in [4.78, 5) is 13.7. The number of nitrogens with zero attached hydrogens (tertiary/aromatic N) is 4. The molecule has 2 aromatic heterocycles. The van der Waals surface area contributed by atoms with Gasteiger partial charge in [-0.15, -0.1) is 0 Å². The molecule has 0 aliphatic carbocycles. The first kappa shape index (κ1) is 18.3. The van der Waals surface area contributed by atoms with E-state index >= 15 is 0 Å². The van der Waals surface area contributed by atoms with E-state index in [1.807, 2.05) is 19.2 Å². The van der Waals surface area contributed by atoms with Gasteiger partial charge in [0.15, 0.2) is 9.84 Å². The van der Waals surface area contributed by atoms with E-state index in [4.69, 9.17) is 0 Å². The van der Waals surface area contributed by atoms with Gasteiger partial charge in [0, 0.05) is 24.9 Å². The van der Waals surface area contributed by atoms with Crippen molar-refractivity contribution in [3.63, 3.8) is 0 Å². The van der Waals surface area contributed by atoms with Gasteiger partial charge in [0.2, 0.25) is 0 Å². The molecule has 0 radical (unpaired) electrons. The molecule has 0 unspecified atom stereocenters. The van der Waals surface area contributed by atoms with Crippen LogP contribution in [0, 0.1) is 6.92 Å². The molecule has 0 aliphatic heterocycles. The van der Waals surface area contributed by atoms with Gasteiger partial charge in [0.1, 0.15) is 11.6 Å². The highest BCUT2D eigenvalue weighted by molar-refractivity contribution is 7.90. The summed E-state index contributed by atoms with van der Waals surface area (Å²) in [7, 11) is -3.19. The molecule has 0 saturated heterocycles. The van der Waals surface area contributed by atoms with Crippen molar-refractivity contribution in [1.82, 2.24) is 19.5 Å². The predicted molar refractivity (Wildman–Crippen MR) is 101 cm³/mol. The molecular weight excluding hydrogens is 348 g/mol. The summed E-state index contributed by atoms with van der Waals surface area (Å²) in [5.74, 6) is 1.63. The molecule has 0 saturated carbocycles.